The Morgan fingerprint density at radius 2 is 2.11 bits per heavy atom. The van der Waals surface area contributed by atoms with Crippen LogP contribution in [-0.4, -0.2) is 9.97 Å². The number of nitrogens with one attached hydrogen (secondary N) is 1. The molecule has 3 aromatic rings. The molecule has 0 amide bonds. The second-order valence-electron chi connectivity index (χ2n) is 4.69. The van der Waals surface area contributed by atoms with Crippen LogP contribution in [0.25, 0.3) is 10.2 Å². The molecular weight excluding hydrogens is 254 g/mol. The minimum atomic E-state index is 0.211. The zero-order valence-corrected chi connectivity index (χ0v) is 11.7. The number of nitrogens with zero attached hydrogens (tertiary/aromatic N) is 2. The number of pyridine rings is 2. The Hall–Kier alpha value is -1.94. The first-order valence-corrected chi connectivity index (χ1v) is 7.12. The highest BCUT2D eigenvalue weighted by molar-refractivity contribution is 7.17. The largest absolute Gasteiger partial charge is 0.377 e. The van der Waals surface area contributed by atoms with E-state index in [0.29, 0.717) is 0 Å². The molecule has 4 heteroatoms. The molecular formula is C15H15N3S. The lowest BCUT2D eigenvalue weighted by molar-refractivity contribution is 0.878. The Bertz CT molecular complexity index is 705. The van der Waals surface area contributed by atoms with Gasteiger partial charge in [-0.15, -0.1) is 11.3 Å². The van der Waals surface area contributed by atoms with Crippen molar-refractivity contribution in [3.05, 3.63) is 53.3 Å². The van der Waals surface area contributed by atoms with E-state index in [4.69, 9.17) is 0 Å². The van der Waals surface area contributed by atoms with Crippen molar-refractivity contribution >= 4 is 27.2 Å². The van der Waals surface area contributed by atoms with Gasteiger partial charge >= 0.3 is 0 Å². The summed E-state index contributed by atoms with van der Waals surface area (Å²) >= 11 is 1.73. The Morgan fingerprint density at radius 1 is 1.21 bits per heavy atom. The van der Waals surface area contributed by atoms with Crippen LogP contribution in [-0.2, 0) is 0 Å². The number of aromatic nitrogens is 2. The monoisotopic (exact) mass is 269 g/mol. The van der Waals surface area contributed by atoms with E-state index >= 15 is 0 Å². The average molecular weight is 269 g/mol. The van der Waals surface area contributed by atoms with Crippen LogP contribution in [0.3, 0.4) is 0 Å². The number of anilines is 1. The minimum absolute atomic E-state index is 0.211. The summed E-state index contributed by atoms with van der Waals surface area (Å²) < 4.78 is 1.23. The van der Waals surface area contributed by atoms with E-state index in [-0.39, 0.29) is 6.04 Å². The number of fused-ring (bicyclic) bond motifs is 1. The second-order valence-corrected chi connectivity index (χ2v) is 5.64. The molecule has 96 valence electrons. The molecule has 3 nitrogen and oxygen atoms in total. The molecule has 0 fully saturated rings. The first-order chi connectivity index (χ1) is 9.22. The fourth-order valence-electron chi connectivity index (χ4n) is 2.07. The van der Waals surface area contributed by atoms with Crippen LogP contribution in [0.15, 0.2) is 42.2 Å². The van der Waals surface area contributed by atoms with Gasteiger partial charge in [0.05, 0.1) is 21.9 Å². The number of rotatable bonds is 3. The second kappa shape index (κ2) is 4.97. The molecule has 0 saturated heterocycles. The number of hydrogen-bond acceptors (Lipinski definition) is 4. The molecule has 0 aromatic carbocycles. The third kappa shape index (κ3) is 2.58. The molecule has 19 heavy (non-hydrogen) atoms. The molecule has 0 radical (unpaired) electrons. The van der Waals surface area contributed by atoms with E-state index < -0.39 is 0 Å². The van der Waals surface area contributed by atoms with Crippen LogP contribution < -0.4 is 5.32 Å². The van der Waals surface area contributed by atoms with Crippen LogP contribution in [0.1, 0.15) is 24.1 Å². The predicted octanol–water partition coefficient (Wildman–Crippen LogP) is 4.17. The standard InChI is InChI=1S/C15H15N3S/c1-10-5-13(9-16-7-10)18-11(2)12-6-15-14(17-8-12)3-4-19-15/h3-9,11,18H,1-2H3. The molecule has 0 bridgehead atoms. The van der Waals surface area contributed by atoms with Crippen LogP contribution in [0.2, 0.25) is 0 Å². The van der Waals surface area contributed by atoms with Crippen LogP contribution in [0.4, 0.5) is 5.69 Å². The van der Waals surface area contributed by atoms with Crippen molar-refractivity contribution in [2.24, 2.45) is 0 Å². The van der Waals surface area contributed by atoms with Gasteiger partial charge in [-0.2, -0.15) is 0 Å². The van der Waals surface area contributed by atoms with Crippen LogP contribution in [0.5, 0.6) is 0 Å². The lowest BCUT2D eigenvalue weighted by Gasteiger charge is -2.15. The highest BCUT2D eigenvalue weighted by Gasteiger charge is 2.07. The summed E-state index contributed by atoms with van der Waals surface area (Å²) in [6.07, 6.45) is 5.64. The Morgan fingerprint density at radius 3 is 2.95 bits per heavy atom. The Balaban J connectivity index is 1.84. The van der Waals surface area contributed by atoms with E-state index in [1.165, 1.54) is 10.3 Å². The summed E-state index contributed by atoms with van der Waals surface area (Å²) in [5.74, 6) is 0. The summed E-state index contributed by atoms with van der Waals surface area (Å²) in [4.78, 5) is 8.67. The quantitative estimate of drug-likeness (QED) is 0.775. The molecule has 3 aromatic heterocycles. The molecule has 0 aliphatic carbocycles. The molecule has 0 spiro atoms. The van der Waals surface area contributed by atoms with Gasteiger partial charge in [0.2, 0.25) is 0 Å². The predicted molar refractivity (Wildman–Crippen MR) is 80.6 cm³/mol. The van der Waals surface area contributed by atoms with Gasteiger partial charge in [-0.3, -0.25) is 9.97 Å². The lowest BCUT2D eigenvalue weighted by atomic mass is 10.1. The number of hydrogen-bond donors (Lipinski definition) is 1. The summed E-state index contributed by atoms with van der Waals surface area (Å²) in [6, 6.07) is 6.56. The van der Waals surface area contributed by atoms with E-state index in [2.05, 4.69) is 39.7 Å². The number of thiophene rings is 1. The average Bonchev–Trinajstić information content (AvgIpc) is 2.85. The van der Waals surface area contributed by atoms with Crippen LogP contribution >= 0.6 is 11.3 Å². The fourth-order valence-corrected chi connectivity index (χ4v) is 2.85. The van der Waals surface area contributed by atoms with E-state index in [0.717, 1.165) is 16.8 Å². The highest BCUT2D eigenvalue weighted by atomic mass is 32.1. The summed E-state index contributed by atoms with van der Waals surface area (Å²) in [6.45, 7) is 4.18. The molecule has 0 saturated carbocycles. The highest BCUT2D eigenvalue weighted by Crippen LogP contribution is 2.24. The normalized spacial score (nSPS) is 12.5. The van der Waals surface area contributed by atoms with Gasteiger partial charge in [-0.25, -0.2) is 0 Å². The first kappa shape index (κ1) is 12.1. The van der Waals surface area contributed by atoms with Gasteiger partial charge in [0.15, 0.2) is 0 Å². The van der Waals surface area contributed by atoms with Crippen molar-refractivity contribution in [2.45, 2.75) is 19.9 Å². The first-order valence-electron chi connectivity index (χ1n) is 6.24. The summed E-state index contributed by atoms with van der Waals surface area (Å²) in [5, 5.41) is 5.53. The Kier molecular flexibility index (Phi) is 3.17. The zero-order chi connectivity index (χ0) is 13.2. The molecule has 3 rings (SSSR count). The molecule has 0 aliphatic heterocycles. The Labute approximate surface area is 116 Å². The molecule has 3 heterocycles. The summed E-state index contributed by atoms with van der Waals surface area (Å²) in [7, 11) is 0. The maximum Gasteiger partial charge on any atom is 0.0809 e. The fraction of sp³-hybridized carbons (Fsp3) is 0.200. The van der Waals surface area contributed by atoms with Gasteiger partial charge in [-0.05, 0) is 48.6 Å². The van der Waals surface area contributed by atoms with Gasteiger partial charge in [-0.1, -0.05) is 0 Å². The maximum atomic E-state index is 4.48. The number of aryl methyl sites for hydroxylation is 1. The van der Waals surface area contributed by atoms with E-state index in [1.807, 2.05) is 31.6 Å². The van der Waals surface area contributed by atoms with E-state index in [9.17, 15) is 0 Å². The van der Waals surface area contributed by atoms with Gasteiger partial charge < -0.3 is 5.32 Å². The van der Waals surface area contributed by atoms with Gasteiger partial charge in [0.1, 0.15) is 0 Å². The van der Waals surface area contributed by atoms with Crippen molar-refractivity contribution in [2.75, 3.05) is 5.32 Å². The lowest BCUT2D eigenvalue weighted by Crippen LogP contribution is -2.07. The van der Waals surface area contributed by atoms with E-state index in [1.54, 1.807) is 11.3 Å². The topological polar surface area (TPSA) is 37.8 Å². The van der Waals surface area contributed by atoms with Gasteiger partial charge in [0.25, 0.3) is 0 Å². The van der Waals surface area contributed by atoms with Crippen LogP contribution in [0, 0.1) is 6.92 Å². The van der Waals surface area contributed by atoms with Crippen molar-refractivity contribution < 1.29 is 0 Å². The third-order valence-corrected chi connectivity index (χ3v) is 3.94. The van der Waals surface area contributed by atoms with Gasteiger partial charge in [0, 0.05) is 18.6 Å². The molecule has 1 unspecified atom stereocenters. The minimum Gasteiger partial charge on any atom is -0.377 e. The van der Waals surface area contributed by atoms with Crippen molar-refractivity contribution in [1.29, 1.82) is 0 Å². The maximum absolute atomic E-state index is 4.48. The van der Waals surface area contributed by atoms with Crippen molar-refractivity contribution in [1.82, 2.24) is 9.97 Å². The third-order valence-electron chi connectivity index (χ3n) is 3.08. The van der Waals surface area contributed by atoms with Crippen molar-refractivity contribution in [3.8, 4) is 0 Å². The smallest absolute Gasteiger partial charge is 0.0809 e. The molecule has 0 aliphatic rings. The summed E-state index contributed by atoms with van der Waals surface area (Å²) in [5.41, 5.74) is 4.46. The molecule has 1 atom stereocenters. The SMILES string of the molecule is Cc1cncc(NC(C)c2cnc3ccsc3c2)c1. The molecule has 1 N–H and O–H groups in total. The zero-order valence-electron chi connectivity index (χ0n) is 10.9. The van der Waals surface area contributed by atoms with Crippen molar-refractivity contribution in [3.63, 3.8) is 0 Å².